The number of amides is 2. The standard InChI is InChI=1S/C10H11NO2S/c1-6-7(8-3-2-4-14-8)5-9(12)11-10(6)13/h2-4,6-7H,5H2,1H3,(H,11,12,13). The molecule has 2 amide bonds. The summed E-state index contributed by atoms with van der Waals surface area (Å²) in [7, 11) is 0. The molecular formula is C10H11NO2S. The molecule has 1 aromatic heterocycles. The molecule has 2 unspecified atom stereocenters. The van der Waals surface area contributed by atoms with E-state index in [1.54, 1.807) is 11.3 Å². The average Bonchev–Trinajstić information content (AvgIpc) is 2.63. The molecule has 3 nitrogen and oxygen atoms in total. The lowest BCUT2D eigenvalue weighted by molar-refractivity contribution is -0.136. The third kappa shape index (κ3) is 1.57. The normalized spacial score (nSPS) is 27.5. The Kier molecular flexibility index (Phi) is 2.37. The van der Waals surface area contributed by atoms with Crippen molar-refractivity contribution in [2.24, 2.45) is 5.92 Å². The van der Waals surface area contributed by atoms with Crippen LogP contribution in [0.1, 0.15) is 24.1 Å². The first-order valence-electron chi connectivity index (χ1n) is 4.55. The Bertz CT molecular complexity index is 358. The number of thiophene rings is 1. The highest BCUT2D eigenvalue weighted by molar-refractivity contribution is 7.10. The second-order valence-electron chi connectivity index (χ2n) is 3.53. The Morgan fingerprint density at radius 3 is 2.93 bits per heavy atom. The lowest BCUT2D eigenvalue weighted by atomic mass is 9.86. The Balaban J connectivity index is 2.26. The molecule has 4 heteroatoms. The predicted molar refractivity (Wildman–Crippen MR) is 54.0 cm³/mol. The summed E-state index contributed by atoms with van der Waals surface area (Å²) in [5.41, 5.74) is 0. The largest absolute Gasteiger partial charge is 0.296 e. The summed E-state index contributed by atoms with van der Waals surface area (Å²) in [6.07, 6.45) is 0.424. The van der Waals surface area contributed by atoms with Gasteiger partial charge in [0.05, 0.1) is 0 Å². The number of nitrogens with one attached hydrogen (secondary N) is 1. The average molecular weight is 209 g/mol. The SMILES string of the molecule is CC1C(=O)NC(=O)CC1c1cccs1. The molecule has 0 spiro atoms. The van der Waals surface area contributed by atoms with E-state index in [2.05, 4.69) is 5.32 Å². The second-order valence-corrected chi connectivity index (χ2v) is 4.51. The van der Waals surface area contributed by atoms with E-state index in [9.17, 15) is 9.59 Å². The van der Waals surface area contributed by atoms with Gasteiger partial charge in [0, 0.05) is 23.1 Å². The number of piperidine rings is 1. The maximum absolute atomic E-state index is 11.4. The van der Waals surface area contributed by atoms with Crippen molar-refractivity contribution in [2.45, 2.75) is 19.3 Å². The number of hydrogen-bond donors (Lipinski definition) is 1. The fourth-order valence-corrected chi connectivity index (χ4v) is 2.64. The van der Waals surface area contributed by atoms with Crippen LogP contribution < -0.4 is 5.32 Å². The van der Waals surface area contributed by atoms with Gasteiger partial charge in [0.1, 0.15) is 0 Å². The fraction of sp³-hybridized carbons (Fsp3) is 0.400. The zero-order valence-electron chi connectivity index (χ0n) is 7.82. The van der Waals surface area contributed by atoms with Gasteiger partial charge in [-0.1, -0.05) is 13.0 Å². The van der Waals surface area contributed by atoms with E-state index in [1.165, 1.54) is 0 Å². The van der Waals surface area contributed by atoms with E-state index in [1.807, 2.05) is 24.4 Å². The van der Waals surface area contributed by atoms with E-state index in [0.29, 0.717) is 6.42 Å². The van der Waals surface area contributed by atoms with Gasteiger partial charge in [-0.05, 0) is 11.4 Å². The van der Waals surface area contributed by atoms with Gasteiger partial charge >= 0.3 is 0 Å². The Morgan fingerprint density at radius 2 is 2.29 bits per heavy atom. The van der Waals surface area contributed by atoms with Crippen LogP contribution in [0.4, 0.5) is 0 Å². The number of carbonyl (C=O) groups excluding carboxylic acids is 2. The summed E-state index contributed by atoms with van der Waals surface area (Å²) in [6, 6.07) is 3.93. The molecule has 2 rings (SSSR count). The minimum absolute atomic E-state index is 0.0660. The molecular weight excluding hydrogens is 198 g/mol. The first-order valence-corrected chi connectivity index (χ1v) is 5.43. The van der Waals surface area contributed by atoms with Crippen molar-refractivity contribution in [1.82, 2.24) is 5.32 Å². The Morgan fingerprint density at radius 1 is 1.50 bits per heavy atom. The number of rotatable bonds is 1. The lowest BCUT2D eigenvalue weighted by Gasteiger charge is -2.26. The van der Waals surface area contributed by atoms with Crippen LogP contribution in [-0.4, -0.2) is 11.8 Å². The van der Waals surface area contributed by atoms with Gasteiger partial charge in [0.2, 0.25) is 11.8 Å². The summed E-state index contributed by atoms with van der Waals surface area (Å²) in [5, 5.41) is 4.32. The van der Waals surface area contributed by atoms with Crippen molar-refractivity contribution in [1.29, 1.82) is 0 Å². The number of imide groups is 1. The second kappa shape index (κ2) is 3.53. The molecule has 1 saturated heterocycles. The maximum Gasteiger partial charge on any atom is 0.230 e. The lowest BCUT2D eigenvalue weighted by Crippen LogP contribution is -2.43. The van der Waals surface area contributed by atoms with Crippen LogP contribution in [0.3, 0.4) is 0 Å². The molecule has 1 aromatic rings. The van der Waals surface area contributed by atoms with Gasteiger partial charge < -0.3 is 0 Å². The van der Waals surface area contributed by atoms with Crippen LogP contribution in [0, 0.1) is 5.92 Å². The Labute approximate surface area is 86.1 Å². The monoisotopic (exact) mass is 209 g/mol. The third-order valence-corrected chi connectivity index (χ3v) is 3.60. The first-order chi connectivity index (χ1) is 6.68. The van der Waals surface area contributed by atoms with Crippen LogP contribution in [0.25, 0.3) is 0 Å². The molecule has 14 heavy (non-hydrogen) atoms. The van der Waals surface area contributed by atoms with Gasteiger partial charge in [0.15, 0.2) is 0 Å². The highest BCUT2D eigenvalue weighted by Gasteiger charge is 2.33. The number of hydrogen-bond acceptors (Lipinski definition) is 3. The molecule has 74 valence electrons. The number of carbonyl (C=O) groups is 2. The molecule has 1 aliphatic heterocycles. The quantitative estimate of drug-likeness (QED) is 0.713. The molecule has 0 saturated carbocycles. The smallest absolute Gasteiger partial charge is 0.230 e. The van der Waals surface area contributed by atoms with Gasteiger partial charge in [0.25, 0.3) is 0 Å². The molecule has 0 radical (unpaired) electrons. The predicted octanol–water partition coefficient (Wildman–Crippen LogP) is 1.51. The highest BCUT2D eigenvalue weighted by Crippen LogP contribution is 2.33. The van der Waals surface area contributed by atoms with E-state index in [-0.39, 0.29) is 23.7 Å². The van der Waals surface area contributed by atoms with Crippen molar-refractivity contribution < 1.29 is 9.59 Å². The molecule has 2 heterocycles. The van der Waals surface area contributed by atoms with Crippen molar-refractivity contribution in [3.8, 4) is 0 Å². The molecule has 1 aliphatic rings. The summed E-state index contributed by atoms with van der Waals surface area (Å²) < 4.78 is 0. The molecule has 1 N–H and O–H groups in total. The topological polar surface area (TPSA) is 46.2 Å². The van der Waals surface area contributed by atoms with E-state index >= 15 is 0 Å². The third-order valence-electron chi connectivity index (χ3n) is 2.59. The minimum Gasteiger partial charge on any atom is -0.296 e. The van der Waals surface area contributed by atoms with Gasteiger partial charge in [-0.3, -0.25) is 14.9 Å². The summed E-state index contributed by atoms with van der Waals surface area (Å²) >= 11 is 1.61. The van der Waals surface area contributed by atoms with Crippen molar-refractivity contribution in [3.63, 3.8) is 0 Å². The zero-order chi connectivity index (χ0) is 10.1. The molecule has 1 fully saturated rings. The molecule has 0 aromatic carbocycles. The van der Waals surface area contributed by atoms with Crippen LogP contribution in [0.5, 0.6) is 0 Å². The van der Waals surface area contributed by atoms with Crippen LogP contribution in [0.2, 0.25) is 0 Å². The summed E-state index contributed by atoms with van der Waals surface area (Å²) in [5.74, 6) is -0.353. The molecule has 0 bridgehead atoms. The van der Waals surface area contributed by atoms with Gasteiger partial charge in [-0.15, -0.1) is 11.3 Å². The summed E-state index contributed by atoms with van der Waals surface area (Å²) in [6.45, 7) is 1.87. The van der Waals surface area contributed by atoms with Gasteiger partial charge in [-0.25, -0.2) is 0 Å². The van der Waals surface area contributed by atoms with E-state index < -0.39 is 0 Å². The maximum atomic E-state index is 11.4. The van der Waals surface area contributed by atoms with Crippen LogP contribution in [-0.2, 0) is 9.59 Å². The highest BCUT2D eigenvalue weighted by atomic mass is 32.1. The Hall–Kier alpha value is -1.16. The van der Waals surface area contributed by atoms with E-state index in [0.717, 1.165) is 4.88 Å². The van der Waals surface area contributed by atoms with Crippen molar-refractivity contribution in [2.75, 3.05) is 0 Å². The van der Waals surface area contributed by atoms with Crippen LogP contribution in [0.15, 0.2) is 17.5 Å². The molecule has 0 aliphatic carbocycles. The summed E-state index contributed by atoms with van der Waals surface area (Å²) in [4.78, 5) is 23.7. The minimum atomic E-state index is -0.161. The zero-order valence-corrected chi connectivity index (χ0v) is 8.64. The first kappa shape index (κ1) is 9.40. The van der Waals surface area contributed by atoms with Gasteiger partial charge in [-0.2, -0.15) is 0 Å². The van der Waals surface area contributed by atoms with Crippen LogP contribution >= 0.6 is 11.3 Å². The van der Waals surface area contributed by atoms with E-state index in [4.69, 9.17) is 0 Å². The molecule has 2 atom stereocenters. The fourth-order valence-electron chi connectivity index (χ4n) is 1.71. The van der Waals surface area contributed by atoms with Crippen molar-refractivity contribution in [3.05, 3.63) is 22.4 Å². The van der Waals surface area contributed by atoms with Crippen molar-refractivity contribution >= 4 is 23.2 Å².